The topological polar surface area (TPSA) is 80.6 Å². The van der Waals surface area contributed by atoms with Crippen molar-refractivity contribution in [2.45, 2.75) is 13.8 Å². The maximum absolute atomic E-state index is 14.1. The number of anilines is 1. The van der Waals surface area contributed by atoms with Crippen LogP contribution in [0.4, 0.5) is 5.69 Å². The average molecular weight is 646 g/mol. The highest BCUT2D eigenvalue weighted by Gasteiger charge is 2.36. The molecule has 0 spiro atoms. The zero-order valence-electron chi connectivity index (χ0n) is 25.0. The SMILES string of the molecule is CCOC(=O)c1ccc(-n2c(-c3ccccc3)cc(/C=C3/C(=O)NC(=S)N(c4cccc(Cl)c4C)C3=O)c2-c2ccccc2)cc1. The Balaban J connectivity index is 1.58. The molecule has 7 nitrogen and oxygen atoms in total. The van der Waals surface area contributed by atoms with Crippen molar-refractivity contribution in [3.8, 4) is 28.2 Å². The highest BCUT2D eigenvalue weighted by Crippen LogP contribution is 2.38. The Morgan fingerprint density at radius 3 is 2.20 bits per heavy atom. The lowest BCUT2D eigenvalue weighted by molar-refractivity contribution is -0.122. The molecule has 2 heterocycles. The number of nitrogens with one attached hydrogen (secondary N) is 1. The van der Waals surface area contributed by atoms with E-state index in [4.69, 9.17) is 28.6 Å². The number of halogens is 1. The van der Waals surface area contributed by atoms with E-state index in [0.29, 0.717) is 27.4 Å². The minimum Gasteiger partial charge on any atom is -0.462 e. The van der Waals surface area contributed by atoms with Crippen LogP contribution in [0.25, 0.3) is 34.3 Å². The molecule has 0 bridgehead atoms. The van der Waals surface area contributed by atoms with Gasteiger partial charge in [0.1, 0.15) is 5.57 Å². The molecule has 1 aromatic heterocycles. The summed E-state index contributed by atoms with van der Waals surface area (Å²) in [7, 11) is 0. The van der Waals surface area contributed by atoms with Crippen molar-refractivity contribution in [1.29, 1.82) is 0 Å². The molecule has 2 amide bonds. The first kappa shape index (κ1) is 30.7. The molecule has 0 saturated carbocycles. The summed E-state index contributed by atoms with van der Waals surface area (Å²) >= 11 is 11.8. The fourth-order valence-corrected chi connectivity index (χ4v) is 5.90. The lowest BCUT2D eigenvalue weighted by Crippen LogP contribution is -2.54. The van der Waals surface area contributed by atoms with Gasteiger partial charge in [0.15, 0.2) is 5.11 Å². The second kappa shape index (κ2) is 13.0. The Hall–Kier alpha value is -5.31. The van der Waals surface area contributed by atoms with Gasteiger partial charge in [0.2, 0.25) is 0 Å². The van der Waals surface area contributed by atoms with E-state index in [9.17, 15) is 14.4 Å². The van der Waals surface area contributed by atoms with Gasteiger partial charge in [-0.2, -0.15) is 0 Å². The summed E-state index contributed by atoms with van der Waals surface area (Å²) in [6.45, 7) is 3.83. The zero-order chi connectivity index (χ0) is 32.4. The van der Waals surface area contributed by atoms with Crippen molar-refractivity contribution in [1.82, 2.24) is 9.88 Å². The van der Waals surface area contributed by atoms with Crippen LogP contribution in [0.15, 0.2) is 115 Å². The lowest BCUT2D eigenvalue weighted by atomic mass is 10.0. The number of thiocarbonyl (C=S) groups is 1. The van der Waals surface area contributed by atoms with Gasteiger partial charge in [0.05, 0.1) is 29.2 Å². The first-order chi connectivity index (χ1) is 22.3. The molecule has 1 saturated heterocycles. The Labute approximate surface area is 276 Å². The number of ether oxygens (including phenoxy) is 1. The van der Waals surface area contributed by atoms with Crippen molar-refractivity contribution in [3.63, 3.8) is 0 Å². The molecule has 1 fully saturated rings. The van der Waals surface area contributed by atoms with E-state index < -0.39 is 17.8 Å². The molecule has 6 rings (SSSR count). The number of hydrogen-bond acceptors (Lipinski definition) is 5. The molecule has 1 aliphatic heterocycles. The third-order valence-electron chi connectivity index (χ3n) is 7.67. The summed E-state index contributed by atoms with van der Waals surface area (Å²) in [5, 5.41) is 3.13. The predicted octanol–water partition coefficient (Wildman–Crippen LogP) is 7.78. The van der Waals surface area contributed by atoms with E-state index in [2.05, 4.69) is 9.88 Å². The first-order valence-electron chi connectivity index (χ1n) is 14.6. The predicted molar refractivity (Wildman–Crippen MR) is 185 cm³/mol. The third kappa shape index (κ3) is 5.76. The fourth-order valence-electron chi connectivity index (χ4n) is 5.45. The molecule has 1 aliphatic rings. The molecule has 4 aromatic carbocycles. The smallest absolute Gasteiger partial charge is 0.338 e. The van der Waals surface area contributed by atoms with Crippen LogP contribution in [-0.2, 0) is 14.3 Å². The monoisotopic (exact) mass is 645 g/mol. The summed E-state index contributed by atoms with van der Waals surface area (Å²) < 4.78 is 7.24. The van der Waals surface area contributed by atoms with Crippen LogP contribution in [0.2, 0.25) is 5.02 Å². The molecule has 1 N–H and O–H groups in total. The van der Waals surface area contributed by atoms with E-state index in [1.807, 2.05) is 78.9 Å². The minimum atomic E-state index is -0.599. The van der Waals surface area contributed by atoms with Crippen LogP contribution in [-0.4, -0.2) is 34.1 Å². The van der Waals surface area contributed by atoms with E-state index >= 15 is 0 Å². The van der Waals surface area contributed by atoms with Gasteiger partial charge in [-0.3, -0.25) is 19.8 Å². The number of carbonyl (C=O) groups is 3. The maximum atomic E-state index is 14.1. The Bertz CT molecular complexity index is 2020. The lowest BCUT2D eigenvalue weighted by Gasteiger charge is -2.30. The number of benzene rings is 4. The molecule has 5 aromatic rings. The van der Waals surface area contributed by atoms with Gasteiger partial charge in [-0.15, -0.1) is 0 Å². The molecular formula is C37H28ClN3O4S. The number of amides is 2. The second-order valence-electron chi connectivity index (χ2n) is 10.5. The minimum absolute atomic E-state index is 0.0231. The summed E-state index contributed by atoms with van der Waals surface area (Å²) in [6.07, 6.45) is 1.60. The molecule has 46 heavy (non-hydrogen) atoms. The van der Waals surface area contributed by atoms with Gasteiger partial charge in [-0.1, -0.05) is 78.3 Å². The van der Waals surface area contributed by atoms with E-state index in [0.717, 1.165) is 28.2 Å². The molecule has 0 unspecified atom stereocenters. The van der Waals surface area contributed by atoms with Crippen LogP contribution in [0.1, 0.15) is 28.4 Å². The number of aromatic nitrogens is 1. The second-order valence-corrected chi connectivity index (χ2v) is 11.3. The van der Waals surface area contributed by atoms with Crippen LogP contribution in [0.3, 0.4) is 0 Å². The van der Waals surface area contributed by atoms with Crippen LogP contribution in [0.5, 0.6) is 0 Å². The number of rotatable bonds is 7. The Morgan fingerprint density at radius 1 is 0.891 bits per heavy atom. The molecule has 9 heteroatoms. The number of nitrogens with zero attached hydrogens (tertiary/aromatic N) is 2. The van der Waals surface area contributed by atoms with Crippen molar-refractivity contribution >= 4 is 58.5 Å². The molecule has 0 radical (unpaired) electrons. The highest BCUT2D eigenvalue weighted by atomic mass is 35.5. The summed E-state index contributed by atoms with van der Waals surface area (Å²) in [5.74, 6) is -1.57. The summed E-state index contributed by atoms with van der Waals surface area (Å²) in [5.41, 5.74) is 6.22. The third-order valence-corrected chi connectivity index (χ3v) is 8.36. The van der Waals surface area contributed by atoms with Crippen LogP contribution in [0, 0.1) is 6.92 Å². The normalized spacial score (nSPS) is 14.0. The summed E-state index contributed by atoms with van der Waals surface area (Å²) in [6, 6.07) is 33.8. The van der Waals surface area contributed by atoms with Gasteiger partial charge in [0.25, 0.3) is 11.8 Å². The van der Waals surface area contributed by atoms with Crippen LogP contribution < -0.4 is 10.2 Å². The van der Waals surface area contributed by atoms with Crippen molar-refractivity contribution in [2.24, 2.45) is 0 Å². The number of hydrogen-bond donors (Lipinski definition) is 1. The van der Waals surface area contributed by atoms with Crippen molar-refractivity contribution < 1.29 is 19.1 Å². The first-order valence-corrected chi connectivity index (χ1v) is 15.4. The maximum Gasteiger partial charge on any atom is 0.338 e. The van der Waals surface area contributed by atoms with E-state index in [1.54, 1.807) is 50.3 Å². The molecule has 0 aliphatic carbocycles. The zero-order valence-corrected chi connectivity index (χ0v) is 26.6. The Kier molecular flexibility index (Phi) is 8.66. The van der Waals surface area contributed by atoms with Crippen molar-refractivity contribution in [2.75, 3.05) is 11.5 Å². The average Bonchev–Trinajstić information content (AvgIpc) is 3.45. The van der Waals surface area contributed by atoms with E-state index in [1.165, 1.54) is 4.90 Å². The molecular weight excluding hydrogens is 618 g/mol. The van der Waals surface area contributed by atoms with Gasteiger partial charge in [-0.25, -0.2) is 4.79 Å². The number of carbonyl (C=O) groups excluding carboxylic acids is 3. The fraction of sp³-hybridized carbons (Fsp3) is 0.0811. The van der Waals surface area contributed by atoms with Gasteiger partial charge in [0, 0.05) is 16.3 Å². The van der Waals surface area contributed by atoms with Gasteiger partial charge >= 0.3 is 5.97 Å². The highest BCUT2D eigenvalue weighted by molar-refractivity contribution is 7.80. The standard InChI is InChI=1S/C37H28ClN3O4S/c1-3-45-36(44)26-17-19-28(20-18-26)40-32(24-11-6-4-7-12-24)22-27(33(40)25-13-8-5-9-14-25)21-29-34(42)39-37(46)41(35(29)43)31-16-10-15-30(38)23(31)2/h4-22H,3H2,1-2H3,(H,39,42,46)/b29-21-. The summed E-state index contributed by atoms with van der Waals surface area (Å²) in [4.78, 5) is 41.2. The van der Waals surface area contributed by atoms with Crippen LogP contribution >= 0.6 is 23.8 Å². The van der Waals surface area contributed by atoms with Crippen molar-refractivity contribution in [3.05, 3.63) is 136 Å². The van der Waals surface area contributed by atoms with E-state index in [-0.39, 0.29) is 17.3 Å². The quantitative estimate of drug-likeness (QED) is 0.0846. The Morgan fingerprint density at radius 2 is 1.54 bits per heavy atom. The number of esters is 1. The van der Waals surface area contributed by atoms with Gasteiger partial charge in [-0.05, 0) is 91.3 Å². The van der Waals surface area contributed by atoms with Gasteiger partial charge < -0.3 is 9.30 Å². The molecule has 228 valence electrons. The molecule has 0 atom stereocenters. The largest absolute Gasteiger partial charge is 0.462 e.